The third kappa shape index (κ3) is 4.34. The Hall–Kier alpha value is -3.31. The molecule has 0 radical (unpaired) electrons. The number of rotatable bonds is 8. The van der Waals surface area contributed by atoms with Gasteiger partial charge in [0.05, 0.1) is 23.8 Å². The minimum atomic E-state index is -0.325. The van der Waals surface area contributed by atoms with Gasteiger partial charge in [-0.25, -0.2) is 9.78 Å². The normalized spacial score (nSPS) is 15.5. The number of nitrogens with one attached hydrogen (secondary N) is 1. The largest absolute Gasteiger partial charge is 0.452 e. The fourth-order valence-electron chi connectivity index (χ4n) is 4.42. The number of ether oxygens (including phenoxy) is 1. The van der Waals surface area contributed by atoms with Gasteiger partial charge in [0.2, 0.25) is 0 Å². The first-order valence-electron chi connectivity index (χ1n) is 11.1. The van der Waals surface area contributed by atoms with Crippen LogP contribution >= 0.6 is 0 Å². The zero-order chi connectivity index (χ0) is 22.5. The molecule has 8 nitrogen and oxygen atoms in total. The van der Waals surface area contributed by atoms with Gasteiger partial charge in [-0.05, 0) is 38.0 Å². The predicted octanol–water partition coefficient (Wildman–Crippen LogP) is 3.00. The second kappa shape index (κ2) is 9.88. The molecule has 168 valence electrons. The first kappa shape index (κ1) is 21.9. The van der Waals surface area contributed by atoms with Crippen LogP contribution < -0.4 is 10.2 Å². The number of imidazole rings is 1. The maximum absolute atomic E-state index is 12.5. The fourth-order valence-corrected chi connectivity index (χ4v) is 4.42. The molecular weight excluding hydrogens is 404 g/mol. The molecule has 1 atom stereocenters. The summed E-state index contributed by atoms with van der Waals surface area (Å²) in [5.41, 5.74) is 4.09. The molecule has 3 heterocycles. The van der Waals surface area contributed by atoms with E-state index in [-0.39, 0.29) is 12.1 Å². The van der Waals surface area contributed by atoms with Gasteiger partial charge in [0, 0.05) is 63.0 Å². The van der Waals surface area contributed by atoms with Gasteiger partial charge < -0.3 is 14.6 Å². The lowest BCUT2D eigenvalue weighted by Gasteiger charge is -2.34. The van der Waals surface area contributed by atoms with Gasteiger partial charge in [0.15, 0.2) is 0 Å². The molecule has 1 N–H and O–H groups in total. The van der Waals surface area contributed by atoms with Crippen LogP contribution in [0.3, 0.4) is 0 Å². The van der Waals surface area contributed by atoms with Gasteiger partial charge in [-0.1, -0.05) is 0 Å². The Labute approximate surface area is 188 Å². The molecule has 3 aromatic rings. The van der Waals surface area contributed by atoms with Crippen molar-refractivity contribution in [2.45, 2.75) is 51.7 Å². The van der Waals surface area contributed by atoms with Crippen LogP contribution in [0.15, 0.2) is 30.6 Å². The van der Waals surface area contributed by atoms with Gasteiger partial charge >= 0.3 is 6.09 Å². The zero-order valence-corrected chi connectivity index (χ0v) is 18.8. The molecule has 0 spiro atoms. The predicted molar refractivity (Wildman–Crippen MR) is 125 cm³/mol. The number of aromatic nitrogens is 4. The fraction of sp³-hybridized carbons (Fsp3) is 0.458. The Morgan fingerprint density at radius 3 is 2.97 bits per heavy atom. The summed E-state index contributed by atoms with van der Waals surface area (Å²) in [5, 5.41) is 7.72. The summed E-state index contributed by atoms with van der Waals surface area (Å²) >= 11 is 0. The van der Waals surface area contributed by atoms with Crippen LogP contribution in [0.1, 0.15) is 31.2 Å². The Morgan fingerprint density at radius 2 is 2.22 bits per heavy atom. The van der Waals surface area contributed by atoms with Gasteiger partial charge in [0.25, 0.3) is 0 Å². The highest BCUT2D eigenvalue weighted by atomic mass is 16.5. The maximum atomic E-state index is 12.5. The van der Waals surface area contributed by atoms with E-state index in [0.29, 0.717) is 6.42 Å². The van der Waals surface area contributed by atoms with Crippen molar-refractivity contribution in [3.63, 3.8) is 0 Å². The third-order valence-corrected chi connectivity index (χ3v) is 6.05. The lowest BCUT2D eigenvalue weighted by molar-refractivity contribution is 0.175. The minimum Gasteiger partial charge on any atom is -0.452 e. The summed E-state index contributed by atoms with van der Waals surface area (Å²) in [6.45, 7) is 5.22. The molecule has 8 heteroatoms. The molecule has 1 aromatic carbocycles. The molecule has 0 saturated carbocycles. The highest BCUT2D eigenvalue weighted by Crippen LogP contribution is 2.36. The number of methoxy groups -OCH3 is 1. The lowest BCUT2D eigenvalue weighted by Crippen LogP contribution is -2.42. The number of terminal acetylenes is 1. The van der Waals surface area contributed by atoms with Crippen LogP contribution in [0.2, 0.25) is 0 Å². The summed E-state index contributed by atoms with van der Waals surface area (Å²) < 4.78 is 9.25. The monoisotopic (exact) mass is 434 g/mol. The molecule has 0 bridgehead atoms. The van der Waals surface area contributed by atoms with Crippen LogP contribution in [0.4, 0.5) is 10.5 Å². The number of benzene rings is 1. The van der Waals surface area contributed by atoms with E-state index in [1.807, 2.05) is 23.0 Å². The van der Waals surface area contributed by atoms with E-state index in [9.17, 15) is 4.79 Å². The smallest absolute Gasteiger partial charge is 0.414 e. The number of hydrogen-bond donors (Lipinski definition) is 1. The van der Waals surface area contributed by atoms with Crippen LogP contribution in [0.25, 0.3) is 11.0 Å². The van der Waals surface area contributed by atoms with E-state index in [1.165, 1.54) is 7.11 Å². The van der Waals surface area contributed by atoms with Crippen LogP contribution in [-0.4, -0.2) is 51.7 Å². The Balaban J connectivity index is 1.69. The van der Waals surface area contributed by atoms with Crippen molar-refractivity contribution in [3.05, 3.63) is 42.0 Å². The Bertz CT molecular complexity index is 1110. The van der Waals surface area contributed by atoms with E-state index in [4.69, 9.17) is 16.1 Å². The second-order valence-corrected chi connectivity index (χ2v) is 8.06. The van der Waals surface area contributed by atoms with E-state index in [2.05, 4.69) is 33.9 Å². The van der Waals surface area contributed by atoms with Crippen molar-refractivity contribution in [2.24, 2.45) is 0 Å². The maximum Gasteiger partial charge on any atom is 0.414 e. The number of aryl methyl sites for hydroxylation is 3. The van der Waals surface area contributed by atoms with Crippen molar-refractivity contribution in [3.8, 4) is 12.3 Å². The molecule has 2 aromatic heterocycles. The number of amides is 1. The SMILES string of the molecule is C#CCCNCCn1c(CCn2cccn2)nc2c3c(ccc21)N(C(=O)OC)[C@@H](C)CC3. The van der Waals surface area contributed by atoms with E-state index < -0.39 is 0 Å². The quantitative estimate of drug-likeness (QED) is 0.436. The summed E-state index contributed by atoms with van der Waals surface area (Å²) in [7, 11) is 1.43. The molecule has 1 aliphatic heterocycles. The number of anilines is 1. The van der Waals surface area contributed by atoms with Gasteiger partial charge in [0.1, 0.15) is 5.82 Å². The van der Waals surface area contributed by atoms with Crippen LogP contribution in [0.5, 0.6) is 0 Å². The number of nitrogens with zero attached hydrogens (tertiary/aromatic N) is 5. The average Bonchev–Trinajstić information content (AvgIpc) is 3.44. The average molecular weight is 435 g/mol. The van der Waals surface area contributed by atoms with E-state index in [1.54, 1.807) is 11.1 Å². The van der Waals surface area contributed by atoms with E-state index >= 15 is 0 Å². The summed E-state index contributed by atoms with van der Waals surface area (Å²) in [6.07, 6.45) is 12.0. The van der Waals surface area contributed by atoms with Crippen molar-refractivity contribution in [2.75, 3.05) is 25.1 Å². The molecule has 1 aliphatic rings. The van der Waals surface area contributed by atoms with Crippen molar-refractivity contribution in [1.82, 2.24) is 24.6 Å². The molecule has 0 unspecified atom stereocenters. The first-order valence-corrected chi connectivity index (χ1v) is 11.1. The lowest BCUT2D eigenvalue weighted by atomic mass is 9.96. The number of hydrogen-bond acceptors (Lipinski definition) is 5. The standard InChI is InChI=1S/C24H30N6O2/c1-4-5-12-25-14-17-29-21-10-9-20-19(8-7-18(2)30(20)24(31)32-3)23(21)27-22(29)11-16-28-15-6-13-26-28/h1,6,9-10,13,15,18,25H,5,7-8,11-12,14,16-17H2,2-3H3/t18-/m0/s1. The molecule has 4 rings (SSSR count). The second-order valence-electron chi connectivity index (χ2n) is 8.06. The Kier molecular flexibility index (Phi) is 6.76. The summed E-state index contributed by atoms with van der Waals surface area (Å²) in [6, 6.07) is 6.13. The van der Waals surface area contributed by atoms with E-state index in [0.717, 1.165) is 73.6 Å². The summed E-state index contributed by atoms with van der Waals surface area (Å²) in [5.74, 6) is 3.68. The van der Waals surface area contributed by atoms with Crippen LogP contribution in [0, 0.1) is 12.3 Å². The molecule has 32 heavy (non-hydrogen) atoms. The zero-order valence-electron chi connectivity index (χ0n) is 18.8. The molecule has 0 fully saturated rings. The topological polar surface area (TPSA) is 77.2 Å². The number of carbonyl (C=O) groups excluding carboxylic acids is 1. The number of carbonyl (C=O) groups is 1. The van der Waals surface area contributed by atoms with Gasteiger partial charge in [-0.2, -0.15) is 5.10 Å². The van der Waals surface area contributed by atoms with Crippen molar-refractivity contribution in [1.29, 1.82) is 0 Å². The minimum absolute atomic E-state index is 0.0918. The third-order valence-electron chi connectivity index (χ3n) is 6.05. The summed E-state index contributed by atoms with van der Waals surface area (Å²) in [4.78, 5) is 19.3. The molecular formula is C24H30N6O2. The molecule has 0 saturated heterocycles. The molecule has 1 amide bonds. The van der Waals surface area contributed by atoms with Crippen molar-refractivity contribution < 1.29 is 9.53 Å². The number of fused-ring (bicyclic) bond motifs is 3. The molecule has 0 aliphatic carbocycles. The van der Waals surface area contributed by atoms with Crippen molar-refractivity contribution >= 4 is 22.8 Å². The first-order chi connectivity index (χ1) is 15.6. The Morgan fingerprint density at radius 1 is 1.34 bits per heavy atom. The highest BCUT2D eigenvalue weighted by Gasteiger charge is 2.31. The highest BCUT2D eigenvalue weighted by molar-refractivity contribution is 5.95. The van der Waals surface area contributed by atoms with Gasteiger partial charge in [-0.15, -0.1) is 12.3 Å². The van der Waals surface area contributed by atoms with Crippen LogP contribution in [-0.2, 0) is 30.7 Å². The van der Waals surface area contributed by atoms with Gasteiger partial charge in [-0.3, -0.25) is 9.58 Å².